The summed E-state index contributed by atoms with van der Waals surface area (Å²) >= 11 is 6.08. The quantitative estimate of drug-likeness (QED) is 0.717. The molecule has 0 saturated carbocycles. The predicted molar refractivity (Wildman–Crippen MR) is 88.8 cm³/mol. The van der Waals surface area contributed by atoms with Crippen LogP contribution in [0.25, 0.3) is 0 Å². The van der Waals surface area contributed by atoms with Crippen LogP contribution in [0.15, 0.2) is 30.9 Å². The van der Waals surface area contributed by atoms with Crippen LogP contribution >= 0.6 is 11.6 Å². The first kappa shape index (κ1) is 17.8. The lowest BCUT2D eigenvalue weighted by atomic mass is 10.1. The number of carbonyl (C=O) groups is 1. The van der Waals surface area contributed by atoms with Gasteiger partial charge in [0, 0.05) is 23.7 Å². The molecule has 1 amide bonds. The number of amides is 1. The number of ether oxygens (including phenoxy) is 3. The maximum atomic E-state index is 12.2. The molecule has 0 radical (unpaired) electrons. The maximum absolute atomic E-state index is 12.2. The number of hydrogen-bond donors (Lipinski definition) is 0. The second-order valence-electron chi connectivity index (χ2n) is 5.18. The minimum atomic E-state index is -0.165. The number of rotatable bonds is 7. The summed E-state index contributed by atoms with van der Waals surface area (Å²) in [6.07, 6.45) is 1.16. The maximum Gasteiger partial charge on any atom is 0.246 e. The summed E-state index contributed by atoms with van der Waals surface area (Å²) in [6.45, 7) is 8.46. The zero-order valence-electron chi connectivity index (χ0n) is 13.3. The van der Waals surface area contributed by atoms with Gasteiger partial charge in [0.15, 0.2) is 0 Å². The van der Waals surface area contributed by atoms with Gasteiger partial charge in [-0.2, -0.15) is 0 Å². The molecular weight excluding hydrogens is 318 g/mol. The van der Waals surface area contributed by atoms with Crippen LogP contribution in [0.2, 0.25) is 5.02 Å². The fraction of sp³-hybridized carbons (Fsp3) is 0.471. The molecule has 1 aromatic carbocycles. The summed E-state index contributed by atoms with van der Waals surface area (Å²) in [5.74, 6) is 0.557. The molecule has 0 spiro atoms. The summed E-state index contributed by atoms with van der Waals surface area (Å²) in [6, 6.07) is 5.40. The third kappa shape index (κ3) is 5.23. The molecule has 1 heterocycles. The van der Waals surface area contributed by atoms with Gasteiger partial charge in [-0.1, -0.05) is 18.2 Å². The summed E-state index contributed by atoms with van der Waals surface area (Å²) in [5, 5.41) is 0.603. The average molecular weight is 340 g/mol. The van der Waals surface area contributed by atoms with Crippen molar-refractivity contribution >= 4 is 17.5 Å². The predicted octanol–water partition coefficient (Wildman–Crippen LogP) is 2.67. The van der Waals surface area contributed by atoms with Crippen LogP contribution in [-0.2, 0) is 20.8 Å². The molecule has 23 heavy (non-hydrogen) atoms. The molecule has 0 N–H and O–H groups in total. The fourth-order valence-electron chi connectivity index (χ4n) is 2.42. The van der Waals surface area contributed by atoms with Gasteiger partial charge >= 0.3 is 0 Å². The third-order valence-electron chi connectivity index (χ3n) is 3.48. The Balaban J connectivity index is 2.14. The Labute approximate surface area is 141 Å². The highest BCUT2D eigenvalue weighted by molar-refractivity contribution is 6.30. The van der Waals surface area contributed by atoms with Crippen molar-refractivity contribution in [3.63, 3.8) is 0 Å². The van der Waals surface area contributed by atoms with Gasteiger partial charge in [0.1, 0.15) is 5.75 Å². The molecule has 0 unspecified atom stereocenters. The monoisotopic (exact) mass is 339 g/mol. The van der Waals surface area contributed by atoms with E-state index in [1.807, 2.05) is 19.1 Å². The van der Waals surface area contributed by atoms with Crippen molar-refractivity contribution in [3.8, 4) is 5.75 Å². The van der Waals surface area contributed by atoms with E-state index in [-0.39, 0.29) is 12.0 Å². The van der Waals surface area contributed by atoms with E-state index in [4.69, 9.17) is 25.8 Å². The number of halogens is 1. The second kappa shape index (κ2) is 8.91. The van der Waals surface area contributed by atoms with Crippen molar-refractivity contribution in [2.45, 2.75) is 19.6 Å². The molecule has 1 aliphatic heterocycles. The molecule has 1 atom stereocenters. The highest BCUT2D eigenvalue weighted by Crippen LogP contribution is 2.25. The molecule has 1 saturated heterocycles. The Bertz CT molecular complexity index is 543. The van der Waals surface area contributed by atoms with Gasteiger partial charge in [0.25, 0.3) is 0 Å². The summed E-state index contributed by atoms with van der Waals surface area (Å²) in [4.78, 5) is 13.8. The van der Waals surface area contributed by atoms with Crippen molar-refractivity contribution in [2.24, 2.45) is 0 Å². The average Bonchev–Trinajstić information content (AvgIpc) is 2.57. The number of hydrogen-bond acceptors (Lipinski definition) is 4. The molecule has 0 aromatic heterocycles. The fourth-order valence-corrected chi connectivity index (χ4v) is 2.62. The minimum Gasteiger partial charge on any atom is -0.494 e. The van der Waals surface area contributed by atoms with Gasteiger partial charge in [-0.3, -0.25) is 4.79 Å². The Kier molecular flexibility index (Phi) is 6.89. The summed E-state index contributed by atoms with van der Waals surface area (Å²) in [7, 11) is 0. The number of nitrogens with zero attached hydrogens (tertiary/aromatic N) is 1. The molecule has 5 nitrogen and oxygen atoms in total. The smallest absolute Gasteiger partial charge is 0.246 e. The van der Waals surface area contributed by atoms with Crippen molar-refractivity contribution in [1.29, 1.82) is 0 Å². The highest BCUT2D eigenvalue weighted by atomic mass is 35.5. The number of carbonyl (C=O) groups excluding carboxylic acids is 1. The van der Waals surface area contributed by atoms with Crippen molar-refractivity contribution in [2.75, 3.05) is 33.0 Å². The largest absolute Gasteiger partial charge is 0.494 e. The van der Waals surface area contributed by atoms with E-state index in [0.717, 1.165) is 11.3 Å². The van der Waals surface area contributed by atoms with Crippen LogP contribution in [0.4, 0.5) is 0 Å². The first-order valence-electron chi connectivity index (χ1n) is 7.66. The van der Waals surface area contributed by atoms with E-state index in [1.54, 1.807) is 11.0 Å². The van der Waals surface area contributed by atoms with Crippen molar-refractivity contribution < 1.29 is 19.0 Å². The number of benzene rings is 1. The molecule has 6 heteroatoms. The van der Waals surface area contributed by atoms with Crippen LogP contribution in [0.5, 0.6) is 5.75 Å². The molecule has 126 valence electrons. The van der Waals surface area contributed by atoms with Crippen LogP contribution in [0, 0.1) is 0 Å². The molecule has 1 aromatic rings. The lowest BCUT2D eigenvalue weighted by molar-refractivity contribution is -0.134. The van der Waals surface area contributed by atoms with Crippen LogP contribution in [-0.4, -0.2) is 49.9 Å². The van der Waals surface area contributed by atoms with Crippen molar-refractivity contribution in [3.05, 3.63) is 41.4 Å². The zero-order chi connectivity index (χ0) is 16.7. The molecule has 1 aliphatic rings. The van der Waals surface area contributed by atoms with Crippen LogP contribution in [0.3, 0.4) is 0 Å². The highest BCUT2D eigenvalue weighted by Gasteiger charge is 2.22. The SMILES string of the molecule is C=CC(=O)N(Cc1cc(Cl)ccc1OCC)C[C@H]1COCCO1. The van der Waals surface area contributed by atoms with Gasteiger partial charge in [-0.15, -0.1) is 0 Å². The van der Waals surface area contributed by atoms with E-state index in [0.29, 0.717) is 44.5 Å². The molecule has 2 rings (SSSR count). The summed E-state index contributed by atoms with van der Waals surface area (Å²) in [5.41, 5.74) is 0.853. The van der Waals surface area contributed by atoms with Gasteiger partial charge in [0.05, 0.1) is 32.5 Å². The van der Waals surface area contributed by atoms with Gasteiger partial charge in [0.2, 0.25) is 5.91 Å². The summed E-state index contributed by atoms with van der Waals surface area (Å²) < 4.78 is 16.6. The Hall–Kier alpha value is -1.56. The first-order valence-corrected chi connectivity index (χ1v) is 8.03. The van der Waals surface area contributed by atoms with Crippen molar-refractivity contribution in [1.82, 2.24) is 4.90 Å². The standard InChI is InChI=1S/C17H22ClNO4/c1-3-17(20)19(11-15-12-21-7-8-23-15)10-13-9-14(18)5-6-16(13)22-4-2/h3,5-6,9,15H,1,4,7-8,10-12H2,2H3/t15-/m0/s1. The molecule has 0 bridgehead atoms. The Morgan fingerprint density at radius 2 is 2.35 bits per heavy atom. The lowest BCUT2D eigenvalue weighted by Gasteiger charge is -2.29. The minimum absolute atomic E-state index is 0.137. The Morgan fingerprint density at radius 3 is 3.00 bits per heavy atom. The van der Waals surface area contributed by atoms with E-state index in [9.17, 15) is 4.79 Å². The van der Waals surface area contributed by atoms with Crippen LogP contribution < -0.4 is 4.74 Å². The molecular formula is C17H22ClNO4. The zero-order valence-corrected chi connectivity index (χ0v) is 14.1. The van der Waals surface area contributed by atoms with E-state index in [2.05, 4.69) is 6.58 Å². The topological polar surface area (TPSA) is 48.0 Å². The molecule has 0 aliphatic carbocycles. The van der Waals surface area contributed by atoms with E-state index in [1.165, 1.54) is 6.08 Å². The van der Waals surface area contributed by atoms with E-state index >= 15 is 0 Å². The normalized spacial score (nSPS) is 17.6. The second-order valence-corrected chi connectivity index (χ2v) is 5.61. The van der Waals surface area contributed by atoms with Gasteiger partial charge < -0.3 is 19.1 Å². The lowest BCUT2D eigenvalue weighted by Crippen LogP contribution is -2.42. The molecule has 1 fully saturated rings. The Morgan fingerprint density at radius 1 is 1.52 bits per heavy atom. The third-order valence-corrected chi connectivity index (χ3v) is 3.71. The van der Waals surface area contributed by atoms with Crippen LogP contribution in [0.1, 0.15) is 12.5 Å². The van der Waals surface area contributed by atoms with Gasteiger partial charge in [-0.25, -0.2) is 0 Å². The van der Waals surface area contributed by atoms with E-state index < -0.39 is 0 Å². The first-order chi connectivity index (χ1) is 11.1. The van der Waals surface area contributed by atoms with Gasteiger partial charge in [-0.05, 0) is 31.2 Å².